The average molecular weight is 303 g/mol. The van der Waals surface area contributed by atoms with Crippen LogP contribution in [-0.2, 0) is 4.79 Å². The van der Waals surface area contributed by atoms with E-state index in [1.807, 2.05) is 7.05 Å². The number of carbonyl (C=O) groups excluding carboxylic acids is 1. The standard InChI is InChI=1S/C18H29N3O/c1-3-4-12-20(2)18(22)15-19-16-8-10-17(11-9-16)21-13-6-5-7-14-21/h8-11,19H,3-7,12-15H2,1-2H3. The Bertz CT molecular complexity index is 452. The van der Waals surface area contributed by atoms with Crippen molar-refractivity contribution < 1.29 is 4.79 Å². The number of unbranched alkanes of at least 4 members (excludes halogenated alkanes) is 1. The first-order chi connectivity index (χ1) is 10.7. The Balaban J connectivity index is 1.79. The van der Waals surface area contributed by atoms with E-state index in [1.165, 1.54) is 24.9 Å². The predicted molar refractivity (Wildman–Crippen MR) is 93.5 cm³/mol. The van der Waals surface area contributed by atoms with Crippen molar-refractivity contribution in [2.24, 2.45) is 0 Å². The summed E-state index contributed by atoms with van der Waals surface area (Å²) in [5.74, 6) is 0.147. The third-order valence-corrected chi connectivity index (χ3v) is 4.31. The van der Waals surface area contributed by atoms with Gasteiger partial charge >= 0.3 is 0 Å². The number of anilines is 2. The van der Waals surface area contributed by atoms with Crippen molar-refractivity contribution in [3.8, 4) is 0 Å². The minimum absolute atomic E-state index is 0.147. The molecule has 22 heavy (non-hydrogen) atoms. The summed E-state index contributed by atoms with van der Waals surface area (Å²) in [7, 11) is 1.87. The molecule has 0 atom stereocenters. The van der Waals surface area contributed by atoms with Gasteiger partial charge in [0.2, 0.25) is 5.91 Å². The summed E-state index contributed by atoms with van der Waals surface area (Å²) in [6, 6.07) is 8.45. The lowest BCUT2D eigenvalue weighted by Crippen LogP contribution is -2.33. The molecule has 2 rings (SSSR count). The van der Waals surface area contributed by atoms with Gasteiger partial charge in [0, 0.05) is 38.1 Å². The fraction of sp³-hybridized carbons (Fsp3) is 0.611. The van der Waals surface area contributed by atoms with Crippen LogP contribution in [0.15, 0.2) is 24.3 Å². The Hall–Kier alpha value is -1.71. The second kappa shape index (κ2) is 8.66. The highest BCUT2D eigenvalue weighted by atomic mass is 16.2. The number of rotatable bonds is 7. The van der Waals surface area contributed by atoms with Gasteiger partial charge in [-0.1, -0.05) is 13.3 Å². The lowest BCUT2D eigenvalue weighted by Gasteiger charge is -2.28. The van der Waals surface area contributed by atoms with Gasteiger partial charge in [0.05, 0.1) is 6.54 Å². The third-order valence-electron chi connectivity index (χ3n) is 4.31. The summed E-state index contributed by atoms with van der Waals surface area (Å²) in [5, 5.41) is 3.22. The quantitative estimate of drug-likeness (QED) is 0.839. The van der Waals surface area contributed by atoms with E-state index >= 15 is 0 Å². The maximum absolute atomic E-state index is 12.0. The minimum Gasteiger partial charge on any atom is -0.376 e. The minimum atomic E-state index is 0.147. The number of nitrogens with one attached hydrogen (secondary N) is 1. The molecule has 0 saturated carbocycles. The molecule has 1 amide bonds. The third kappa shape index (κ3) is 4.93. The Kier molecular flexibility index (Phi) is 6.56. The molecule has 0 unspecified atom stereocenters. The van der Waals surface area contributed by atoms with E-state index in [1.54, 1.807) is 4.90 Å². The molecule has 1 aromatic rings. The number of nitrogens with zero attached hydrogens (tertiary/aromatic N) is 2. The first kappa shape index (κ1) is 16.7. The zero-order valence-electron chi connectivity index (χ0n) is 14.0. The van der Waals surface area contributed by atoms with Crippen LogP contribution in [0.3, 0.4) is 0 Å². The van der Waals surface area contributed by atoms with Crippen molar-refractivity contribution in [1.82, 2.24) is 4.90 Å². The molecule has 0 radical (unpaired) electrons. The summed E-state index contributed by atoms with van der Waals surface area (Å²) >= 11 is 0. The summed E-state index contributed by atoms with van der Waals surface area (Å²) in [6.45, 7) is 5.66. The molecular formula is C18H29N3O. The van der Waals surface area contributed by atoms with Gasteiger partial charge < -0.3 is 15.1 Å². The van der Waals surface area contributed by atoms with Gasteiger partial charge in [-0.05, 0) is 49.9 Å². The molecule has 0 aliphatic carbocycles. The van der Waals surface area contributed by atoms with Gasteiger partial charge in [0.15, 0.2) is 0 Å². The van der Waals surface area contributed by atoms with Crippen LogP contribution in [0.4, 0.5) is 11.4 Å². The molecule has 1 N–H and O–H groups in total. The molecule has 1 saturated heterocycles. The number of benzene rings is 1. The zero-order chi connectivity index (χ0) is 15.8. The molecule has 1 fully saturated rings. The van der Waals surface area contributed by atoms with Crippen LogP contribution in [0.5, 0.6) is 0 Å². The molecule has 0 bridgehead atoms. The van der Waals surface area contributed by atoms with Crippen molar-refractivity contribution >= 4 is 17.3 Å². The molecular weight excluding hydrogens is 274 g/mol. The summed E-state index contributed by atoms with van der Waals surface area (Å²) < 4.78 is 0. The Labute approximate surface area is 134 Å². The summed E-state index contributed by atoms with van der Waals surface area (Å²) in [5.41, 5.74) is 2.30. The largest absolute Gasteiger partial charge is 0.376 e. The number of piperidine rings is 1. The van der Waals surface area contributed by atoms with E-state index in [0.29, 0.717) is 6.54 Å². The van der Waals surface area contributed by atoms with Crippen LogP contribution in [-0.4, -0.2) is 44.0 Å². The van der Waals surface area contributed by atoms with E-state index in [2.05, 4.69) is 41.4 Å². The first-order valence-electron chi connectivity index (χ1n) is 8.53. The predicted octanol–water partition coefficient (Wildman–Crippen LogP) is 3.35. The maximum atomic E-state index is 12.0. The van der Waals surface area contributed by atoms with Gasteiger partial charge in [-0.25, -0.2) is 0 Å². The van der Waals surface area contributed by atoms with Crippen molar-refractivity contribution in [2.75, 3.05) is 43.4 Å². The molecule has 1 aliphatic heterocycles. The lowest BCUT2D eigenvalue weighted by atomic mass is 10.1. The second-order valence-electron chi connectivity index (χ2n) is 6.12. The van der Waals surface area contributed by atoms with E-state index in [9.17, 15) is 4.79 Å². The van der Waals surface area contributed by atoms with Gasteiger partial charge in [-0.15, -0.1) is 0 Å². The highest BCUT2D eigenvalue weighted by molar-refractivity contribution is 5.80. The summed E-state index contributed by atoms with van der Waals surface area (Å²) in [4.78, 5) is 16.2. The van der Waals surface area contributed by atoms with Gasteiger partial charge in [0.25, 0.3) is 0 Å². The molecule has 122 valence electrons. The van der Waals surface area contributed by atoms with Crippen molar-refractivity contribution in [3.05, 3.63) is 24.3 Å². The van der Waals surface area contributed by atoms with Crippen LogP contribution in [0.1, 0.15) is 39.0 Å². The highest BCUT2D eigenvalue weighted by Gasteiger charge is 2.11. The van der Waals surface area contributed by atoms with Crippen LogP contribution in [0, 0.1) is 0 Å². The van der Waals surface area contributed by atoms with E-state index in [-0.39, 0.29) is 5.91 Å². The Morgan fingerprint density at radius 3 is 2.50 bits per heavy atom. The smallest absolute Gasteiger partial charge is 0.241 e. The summed E-state index contributed by atoms with van der Waals surface area (Å²) in [6.07, 6.45) is 6.11. The Morgan fingerprint density at radius 2 is 1.86 bits per heavy atom. The van der Waals surface area contributed by atoms with Gasteiger partial charge in [0.1, 0.15) is 0 Å². The molecule has 0 aromatic heterocycles. The van der Waals surface area contributed by atoms with Crippen molar-refractivity contribution in [2.45, 2.75) is 39.0 Å². The van der Waals surface area contributed by atoms with Crippen LogP contribution >= 0.6 is 0 Å². The number of hydrogen-bond donors (Lipinski definition) is 1. The molecule has 1 heterocycles. The van der Waals surface area contributed by atoms with E-state index in [0.717, 1.165) is 38.2 Å². The average Bonchev–Trinajstić information content (AvgIpc) is 2.58. The van der Waals surface area contributed by atoms with E-state index < -0.39 is 0 Å². The first-order valence-corrected chi connectivity index (χ1v) is 8.53. The van der Waals surface area contributed by atoms with Crippen molar-refractivity contribution in [3.63, 3.8) is 0 Å². The van der Waals surface area contributed by atoms with Crippen LogP contribution < -0.4 is 10.2 Å². The maximum Gasteiger partial charge on any atom is 0.241 e. The zero-order valence-corrected chi connectivity index (χ0v) is 14.0. The number of amides is 1. The number of carbonyl (C=O) groups is 1. The van der Waals surface area contributed by atoms with Crippen LogP contribution in [0.25, 0.3) is 0 Å². The fourth-order valence-electron chi connectivity index (χ4n) is 2.77. The normalized spacial score (nSPS) is 14.7. The second-order valence-corrected chi connectivity index (χ2v) is 6.12. The SMILES string of the molecule is CCCCN(C)C(=O)CNc1ccc(N2CCCCC2)cc1. The Morgan fingerprint density at radius 1 is 1.18 bits per heavy atom. The van der Waals surface area contributed by atoms with E-state index in [4.69, 9.17) is 0 Å². The number of hydrogen-bond acceptors (Lipinski definition) is 3. The van der Waals surface area contributed by atoms with Crippen molar-refractivity contribution in [1.29, 1.82) is 0 Å². The molecule has 1 aliphatic rings. The highest BCUT2D eigenvalue weighted by Crippen LogP contribution is 2.21. The lowest BCUT2D eigenvalue weighted by molar-refractivity contribution is -0.128. The molecule has 4 heteroatoms. The fourth-order valence-corrected chi connectivity index (χ4v) is 2.77. The van der Waals surface area contributed by atoms with Gasteiger partial charge in [-0.2, -0.15) is 0 Å². The van der Waals surface area contributed by atoms with Crippen LogP contribution in [0.2, 0.25) is 0 Å². The molecule has 4 nitrogen and oxygen atoms in total. The number of likely N-dealkylation sites (N-methyl/N-ethyl adjacent to an activating group) is 1. The molecule has 0 spiro atoms. The molecule has 1 aromatic carbocycles. The van der Waals surface area contributed by atoms with Gasteiger partial charge in [-0.3, -0.25) is 4.79 Å². The topological polar surface area (TPSA) is 35.6 Å². The monoisotopic (exact) mass is 303 g/mol.